The molecule has 3 unspecified atom stereocenters. The van der Waals surface area contributed by atoms with Crippen LogP contribution in [0.5, 0.6) is 0 Å². The summed E-state index contributed by atoms with van der Waals surface area (Å²) in [6.45, 7) is 6.13. The zero-order valence-electron chi connectivity index (χ0n) is 12.7. The summed E-state index contributed by atoms with van der Waals surface area (Å²) in [6.07, 6.45) is 7.66. The van der Waals surface area contributed by atoms with Crippen LogP contribution in [0.25, 0.3) is 0 Å². The number of nitrogens with zero attached hydrogens (tertiary/aromatic N) is 2. The fourth-order valence-corrected chi connectivity index (χ4v) is 5.32. The van der Waals surface area contributed by atoms with Crippen LogP contribution < -0.4 is 5.73 Å². The molecule has 3 rings (SSSR count). The summed E-state index contributed by atoms with van der Waals surface area (Å²) in [6, 6.07) is 0. The Bertz CT molecular complexity index is 496. The standard InChI is InChI=1S/C16H26BrN3/c1-3-13-15(17)14(20(4-2)19-13)9-16(10-18)8-11-5-6-12(16)7-11/h11-12H,3-10,18H2,1-2H3. The summed E-state index contributed by atoms with van der Waals surface area (Å²) < 4.78 is 3.42. The average Bonchev–Trinajstić information content (AvgIpc) is 3.14. The largest absolute Gasteiger partial charge is 0.330 e. The molecule has 2 aliphatic rings. The van der Waals surface area contributed by atoms with Gasteiger partial charge in [-0.05, 0) is 78.8 Å². The lowest BCUT2D eigenvalue weighted by atomic mass is 9.70. The summed E-state index contributed by atoms with van der Waals surface area (Å²) in [4.78, 5) is 0. The van der Waals surface area contributed by atoms with E-state index in [0.29, 0.717) is 5.41 Å². The number of aromatic nitrogens is 2. The number of fused-ring (bicyclic) bond motifs is 2. The molecule has 1 aromatic rings. The molecule has 0 radical (unpaired) electrons. The SMILES string of the molecule is CCc1nn(CC)c(CC2(CN)CC3CCC2C3)c1Br. The fraction of sp³-hybridized carbons (Fsp3) is 0.812. The van der Waals surface area contributed by atoms with Gasteiger partial charge in [-0.3, -0.25) is 4.68 Å². The maximum absolute atomic E-state index is 6.24. The smallest absolute Gasteiger partial charge is 0.0766 e. The van der Waals surface area contributed by atoms with Gasteiger partial charge in [-0.1, -0.05) is 13.3 Å². The van der Waals surface area contributed by atoms with E-state index in [9.17, 15) is 0 Å². The number of aryl methyl sites for hydroxylation is 2. The van der Waals surface area contributed by atoms with Crippen LogP contribution in [0.4, 0.5) is 0 Å². The van der Waals surface area contributed by atoms with Crippen molar-refractivity contribution in [1.82, 2.24) is 9.78 Å². The molecule has 0 aromatic carbocycles. The van der Waals surface area contributed by atoms with Crippen LogP contribution >= 0.6 is 15.9 Å². The number of hydrogen-bond donors (Lipinski definition) is 1. The van der Waals surface area contributed by atoms with Crippen molar-refractivity contribution in [3.63, 3.8) is 0 Å². The Kier molecular flexibility index (Phi) is 3.97. The van der Waals surface area contributed by atoms with Crippen molar-refractivity contribution in [2.45, 2.75) is 58.9 Å². The zero-order valence-corrected chi connectivity index (χ0v) is 14.2. The van der Waals surface area contributed by atoms with Gasteiger partial charge >= 0.3 is 0 Å². The maximum Gasteiger partial charge on any atom is 0.0766 e. The highest BCUT2D eigenvalue weighted by atomic mass is 79.9. The minimum absolute atomic E-state index is 0.337. The second-order valence-electron chi connectivity index (χ2n) is 6.70. The monoisotopic (exact) mass is 339 g/mol. The van der Waals surface area contributed by atoms with E-state index in [1.54, 1.807) is 0 Å². The molecule has 0 spiro atoms. The maximum atomic E-state index is 6.24. The molecule has 2 aliphatic carbocycles. The Labute approximate surface area is 130 Å². The molecule has 0 aliphatic heterocycles. The zero-order chi connectivity index (χ0) is 14.3. The van der Waals surface area contributed by atoms with Gasteiger partial charge in [0.2, 0.25) is 0 Å². The molecule has 20 heavy (non-hydrogen) atoms. The van der Waals surface area contributed by atoms with Crippen LogP contribution in [0.1, 0.15) is 50.9 Å². The Morgan fingerprint density at radius 2 is 2.20 bits per heavy atom. The third kappa shape index (κ3) is 2.16. The van der Waals surface area contributed by atoms with Crippen LogP contribution in [-0.4, -0.2) is 16.3 Å². The van der Waals surface area contributed by atoms with E-state index < -0.39 is 0 Å². The van der Waals surface area contributed by atoms with Crippen molar-refractivity contribution < 1.29 is 0 Å². The molecule has 3 atom stereocenters. The highest BCUT2D eigenvalue weighted by Gasteiger charge is 2.50. The molecule has 1 heterocycles. The third-order valence-electron chi connectivity index (χ3n) is 5.72. The summed E-state index contributed by atoms with van der Waals surface area (Å²) >= 11 is 3.79. The van der Waals surface area contributed by atoms with Crippen LogP contribution in [0.15, 0.2) is 4.47 Å². The van der Waals surface area contributed by atoms with Crippen molar-refractivity contribution in [2.75, 3.05) is 6.54 Å². The molecule has 2 bridgehead atoms. The average molecular weight is 340 g/mol. The Morgan fingerprint density at radius 3 is 2.70 bits per heavy atom. The van der Waals surface area contributed by atoms with Crippen molar-refractivity contribution >= 4 is 15.9 Å². The first-order valence-corrected chi connectivity index (χ1v) is 8.87. The quantitative estimate of drug-likeness (QED) is 0.891. The first-order valence-electron chi connectivity index (χ1n) is 8.07. The van der Waals surface area contributed by atoms with Gasteiger partial charge in [0.05, 0.1) is 15.9 Å². The molecule has 0 amide bonds. The van der Waals surface area contributed by atoms with Gasteiger partial charge in [-0.15, -0.1) is 0 Å². The Hall–Kier alpha value is -0.350. The minimum atomic E-state index is 0.337. The van der Waals surface area contributed by atoms with Gasteiger partial charge in [0.1, 0.15) is 0 Å². The number of hydrogen-bond acceptors (Lipinski definition) is 2. The highest BCUT2D eigenvalue weighted by molar-refractivity contribution is 9.10. The molecule has 4 heteroatoms. The Morgan fingerprint density at radius 1 is 1.40 bits per heavy atom. The van der Waals surface area contributed by atoms with Gasteiger partial charge in [0.25, 0.3) is 0 Å². The lowest BCUT2D eigenvalue weighted by Gasteiger charge is -2.37. The number of nitrogens with two attached hydrogens (primary N) is 1. The second-order valence-corrected chi connectivity index (χ2v) is 7.49. The molecular weight excluding hydrogens is 314 g/mol. The molecule has 2 saturated carbocycles. The van der Waals surface area contributed by atoms with Gasteiger partial charge in [-0.25, -0.2) is 0 Å². The molecule has 112 valence electrons. The van der Waals surface area contributed by atoms with Crippen LogP contribution in [0.2, 0.25) is 0 Å². The fourth-order valence-electron chi connectivity index (χ4n) is 4.62. The van der Waals surface area contributed by atoms with E-state index >= 15 is 0 Å². The van der Waals surface area contributed by atoms with E-state index in [1.807, 2.05) is 0 Å². The molecular formula is C16H26BrN3. The molecule has 0 saturated heterocycles. The minimum Gasteiger partial charge on any atom is -0.330 e. The van der Waals surface area contributed by atoms with E-state index in [-0.39, 0.29) is 0 Å². The Balaban J connectivity index is 1.92. The summed E-state index contributed by atoms with van der Waals surface area (Å²) in [7, 11) is 0. The van der Waals surface area contributed by atoms with E-state index in [2.05, 4.69) is 34.5 Å². The van der Waals surface area contributed by atoms with Gasteiger partial charge in [-0.2, -0.15) is 5.10 Å². The van der Waals surface area contributed by atoms with Gasteiger partial charge in [0.15, 0.2) is 0 Å². The predicted octanol–water partition coefficient (Wildman–Crippen LogP) is 3.54. The van der Waals surface area contributed by atoms with E-state index in [0.717, 1.165) is 37.8 Å². The van der Waals surface area contributed by atoms with Crippen LogP contribution in [0.3, 0.4) is 0 Å². The molecule has 2 N–H and O–H groups in total. The lowest BCUT2D eigenvalue weighted by Crippen LogP contribution is -2.38. The summed E-state index contributed by atoms with van der Waals surface area (Å²) in [5.74, 6) is 1.78. The third-order valence-corrected chi connectivity index (χ3v) is 6.64. The van der Waals surface area contributed by atoms with Crippen LogP contribution in [-0.2, 0) is 19.4 Å². The number of rotatable bonds is 5. The summed E-state index contributed by atoms with van der Waals surface area (Å²) in [5.41, 5.74) is 9.14. The molecule has 2 fully saturated rings. The predicted molar refractivity (Wildman–Crippen MR) is 85.6 cm³/mol. The van der Waals surface area contributed by atoms with Crippen molar-refractivity contribution in [3.8, 4) is 0 Å². The van der Waals surface area contributed by atoms with E-state index in [1.165, 1.54) is 41.5 Å². The normalized spacial score (nSPS) is 32.2. The summed E-state index contributed by atoms with van der Waals surface area (Å²) in [5, 5.41) is 4.75. The van der Waals surface area contributed by atoms with Crippen molar-refractivity contribution in [2.24, 2.45) is 23.0 Å². The van der Waals surface area contributed by atoms with Gasteiger partial charge in [0, 0.05) is 6.54 Å². The van der Waals surface area contributed by atoms with E-state index in [4.69, 9.17) is 10.8 Å². The van der Waals surface area contributed by atoms with Gasteiger partial charge < -0.3 is 5.73 Å². The molecule has 3 nitrogen and oxygen atoms in total. The number of halogens is 1. The first kappa shape index (κ1) is 14.6. The highest BCUT2D eigenvalue weighted by Crippen LogP contribution is 2.57. The topological polar surface area (TPSA) is 43.8 Å². The molecule has 1 aromatic heterocycles. The second kappa shape index (κ2) is 5.45. The van der Waals surface area contributed by atoms with Crippen molar-refractivity contribution in [1.29, 1.82) is 0 Å². The van der Waals surface area contributed by atoms with Crippen molar-refractivity contribution in [3.05, 3.63) is 15.9 Å². The lowest BCUT2D eigenvalue weighted by molar-refractivity contribution is 0.167. The van der Waals surface area contributed by atoms with Crippen LogP contribution in [0, 0.1) is 17.3 Å². The first-order chi connectivity index (χ1) is 9.63.